The van der Waals surface area contributed by atoms with Gasteiger partial charge in [0.15, 0.2) is 0 Å². The zero-order valence-corrected chi connectivity index (χ0v) is 13.4. The molecule has 1 aliphatic heterocycles. The maximum Gasteiger partial charge on any atom is 0.138 e. The molecule has 25 heavy (non-hydrogen) atoms. The van der Waals surface area contributed by atoms with Gasteiger partial charge in [0, 0.05) is 22.7 Å². The Morgan fingerprint density at radius 3 is 2.24 bits per heavy atom. The van der Waals surface area contributed by atoms with Crippen molar-refractivity contribution in [1.29, 1.82) is 0 Å². The monoisotopic (exact) mass is 319 g/mol. The SMILES string of the molecule is c1ccc2cc3c(cc2c1)Oc1cc2ccccc2c2nccc-3c12. The van der Waals surface area contributed by atoms with Crippen molar-refractivity contribution in [2.24, 2.45) is 0 Å². The van der Waals surface area contributed by atoms with Gasteiger partial charge in [-0.25, -0.2) is 0 Å². The number of fused-ring (bicyclic) bond motifs is 5. The normalized spacial score (nSPS) is 12.3. The summed E-state index contributed by atoms with van der Waals surface area (Å²) < 4.78 is 6.33. The third kappa shape index (κ3) is 1.71. The van der Waals surface area contributed by atoms with Gasteiger partial charge >= 0.3 is 0 Å². The van der Waals surface area contributed by atoms with E-state index in [1.807, 2.05) is 6.20 Å². The zero-order valence-electron chi connectivity index (χ0n) is 13.4. The molecular formula is C23H13NO. The molecule has 2 nitrogen and oxygen atoms in total. The standard InChI is InChI=1S/C23H13NO/c1-2-6-15-12-20-19(11-14(15)5-1)18-9-10-24-23-17-8-4-3-7-16(17)13-21(25-20)22(18)23/h1-13H. The molecule has 4 aromatic carbocycles. The van der Waals surface area contributed by atoms with E-state index in [4.69, 9.17) is 4.74 Å². The molecule has 0 radical (unpaired) electrons. The minimum atomic E-state index is 0.889. The van der Waals surface area contributed by atoms with Gasteiger partial charge in [-0.15, -0.1) is 0 Å². The quantitative estimate of drug-likeness (QED) is 0.306. The van der Waals surface area contributed by atoms with Crippen molar-refractivity contribution >= 4 is 32.4 Å². The third-order valence-corrected chi connectivity index (χ3v) is 5.06. The van der Waals surface area contributed by atoms with E-state index in [0.717, 1.165) is 38.7 Å². The van der Waals surface area contributed by atoms with Crippen molar-refractivity contribution < 1.29 is 4.74 Å². The highest BCUT2D eigenvalue weighted by Crippen LogP contribution is 2.48. The van der Waals surface area contributed by atoms with Crippen LogP contribution in [0.3, 0.4) is 0 Å². The summed E-state index contributed by atoms with van der Waals surface area (Å²) in [5.41, 5.74) is 3.33. The lowest BCUT2D eigenvalue weighted by Crippen LogP contribution is -1.98. The molecule has 0 spiro atoms. The topological polar surface area (TPSA) is 22.1 Å². The Kier molecular flexibility index (Phi) is 2.37. The van der Waals surface area contributed by atoms with Gasteiger partial charge in [0.2, 0.25) is 0 Å². The molecule has 0 unspecified atom stereocenters. The molecule has 0 fully saturated rings. The highest BCUT2D eigenvalue weighted by atomic mass is 16.5. The van der Waals surface area contributed by atoms with Crippen LogP contribution < -0.4 is 4.74 Å². The number of benzene rings is 4. The lowest BCUT2D eigenvalue weighted by molar-refractivity contribution is 0.488. The predicted molar refractivity (Wildman–Crippen MR) is 102 cm³/mol. The van der Waals surface area contributed by atoms with Crippen molar-refractivity contribution in [1.82, 2.24) is 4.98 Å². The van der Waals surface area contributed by atoms with E-state index >= 15 is 0 Å². The molecule has 116 valence electrons. The van der Waals surface area contributed by atoms with Crippen molar-refractivity contribution in [3.8, 4) is 22.6 Å². The van der Waals surface area contributed by atoms with Gasteiger partial charge in [-0.05, 0) is 40.4 Å². The first-order valence-corrected chi connectivity index (χ1v) is 8.40. The first-order chi connectivity index (χ1) is 12.4. The van der Waals surface area contributed by atoms with E-state index in [1.54, 1.807) is 0 Å². The van der Waals surface area contributed by atoms with Crippen molar-refractivity contribution in [2.45, 2.75) is 0 Å². The van der Waals surface area contributed by atoms with Gasteiger partial charge in [0.05, 0.1) is 10.9 Å². The lowest BCUT2D eigenvalue weighted by Gasteiger charge is -2.22. The number of nitrogens with zero attached hydrogens (tertiary/aromatic N) is 1. The van der Waals surface area contributed by atoms with Gasteiger partial charge in [0.25, 0.3) is 0 Å². The summed E-state index contributed by atoms with van der Waals surface area (Å²) in [5.74, 6) is 1.80. The Morgan fingerprint density at radius 1 is 0.640 bits per heavy atom. The summed E-state index contributed by atoms with van der Waals surface area (Å²) in [6, 6.07) is 25.3. The fourth-order valence-electron chi connectivity index (χ4n) is 3.91. The zero-order chi connectivity index (χ0) is 16.4. The molecule has 0 atom stereocenters. The second-order valence-electron chi connectivity index (χ2n) is 6.48. The fraction of sp³-hybridized carbons (Fsp3) is 0. The largest absolute Gasteiger partial charge is 0.456 e. The van der Waals surface area contributed by atoms with Crippen LogP contribution in [-0.4, -0.2) is 4.98 Å². The molecular weight excluding hydrogens is 306 g/mol. The summed E-state index contributed by atoms with van der Waals surface area (Å²) in [5, 5.41) is 5.83. The minimum absolute atomic E-state index is 0.889. The van der Waals surface area contributed by atoms with Crippen molar-refractivity contribution in [3.63, 3.8) is 0 Å². The second-order valence-corrected chi connectivity index (χ2v) is 6.48. The molecule has 0 saturated heterocycles. The first kappa shape index (κ1) is 13.0. The number of pyridine rings is 1. The van der Waals surface area contributed by atoms with E-state index in [0.29, 0.717) is 0 Å². The van der Waals surface area contributed by atoms with Gasteiger partial charge in [-0.3, -0.25) is 4.98 Å². The Hall–Kier alpha value is -3.39. The molecule has 0 aliphatic carbocycles. The number of ether oxygens (including phenoxy) is 1. The van der Waals surface area contributed by atoms with Gasteiger partial charge < -0.3 is 4.74 Å². The molecule has 0 saturated carbocycles. The van der Waals surface area contributed by atoms with E-state index in [9.17, 15) is 0 Å². The van der Waals surface area contributed by atoms with E-state index < -0.39 is 0 Å². The number of hydrogen-bond acceptors (Lipinski definition) is 2. The second kappa shape index (κ2) is 4.58. The van der Waals surface area contributed by atoms with Crippen LogP contribution in [0.5, 0.6) is 11.5 Å². The van der Waals surface area contributed by atoms with E-state index in [-0.39, 0.29) is 0 Å². The van der Waals surface area contributed by atoms with Crippen molar-refractivity contribution in [2.75, 3.05) is 0 Å². The van der Waals surface area contributed by atoms with Crippen LogP contribution in [0.25, 0.3) is 43.6 Å². The lowest BCUT2D eigenvalue weighted by atomic mass is 9.93. The number of rotatable bonds is 0. The van der Waals surface area contributed by atoms with Gasteiger partial charge in [0.1, 0.15) is 11.5 Å². The fourth-order valence-corrected chi connectivity index (χ4v) is 3.91. The van der Waals surface area contributed by atoms with Crippen LogP contribution in [0.2, 0.25) is 0 Å². The summed E-state index contributed by atoms with van der Waals surface area (Å²) in [7, 11) is 0. The van der Waals surface area contributed by atoms with Crippen molar-refractivity contribution in [3.05, 3.63) is 79.0 Å². The Balaban J connectivity index is 1.80. The maximum absolute atomic E-state index is 6.33. The molecule has 2 heteroatoms. The van der Waals surface area contributed by atoms with Crippen LogP contribution in [0.4, 0.5) is 0 Å². The van der Waals surface area contributed by atoms with Crippen LogP contribution in [0.15, 0.2) is 79.0 Å². The molecule has 1 aliphatic rings. The Labute approximate surface area is 144 Å². The van der Waals surface area contributed by atoms with Crippen LogP contribution in [0.1, 0.15) is 0 Å². The average molecular weight is 319 g/mol. The minimum Gasteiger partial charge on any atom is -0.456 e. The highest BCUT2D eigenvalue weighted by molar-refractivity contribution is 6.15. The summed E-state index contributed by atoms with van der Waals surface area (Å²) in [6.45, 7) is 0. The maximum atomic E-state index is 6.33. The molecule has 0 N–H and O–H groups in total. The molecule has 5 aromatic rings. The van der Waals surface area contributed by atoms with E-state index in [1.165, 1.54) is 16.3 Å². The van der Waals surface area contributed by atoms with Gasteiger partial charge in [-0.2, -0.15) is 0 Å². The summed E-state index contributed by atoms with van der Waals surface area (Å²) in [4.78, 5) is 4.67. The molecule has 1 aromatic heterocycles. The number of aromatic nitrogens is 1. The smallest absolute Gasteiger partial charge is 0.138 e. The molecule has 2 heterocycles. The van der Waals surface area contributed by atoms with Crippen LogP contribution in [0, 0.1) is 0 Å². The van der Waals surface area contributed by atoms with Crippen LogP contribution in [-0.2, 0) is 0 Å². The molecule has 6 rings (SSSR count). The molecule has 0 bridgehead atoms. The summed E-state index contributed by atoms with van der Waals surface area (Å²) in [6.07, 6.45) is 1.90. The number of hydrogen-bond donors (Lipinski definition) is 0. The third-order valence-electron chi connectivity index (χ3n) is 5.06. The molecule has 0 amide bonds. The highest BCUT2D eigenvalue weighted by Gasteiger charge is 2.22. The summed E-state index contributed by atoms with van der Waals surface area (Å²) >= 11 is 0. The first-order valence-electron chi connectivity index (χ1n) is 8.40. The Bertz CT molecular complexity index is 1320. The van der Waals surface area contributed by atoms with Crippen LogP contribution >= 0.6 is 0 Å². The van der Waals surface area contributed by atoms with Gasteiger partial charge in [-0.1, -0.05) is 48.5 Å². The van der Waals surface area contributed by atoms with E-state index in [2.05, 4.69) is 77.8 Å². The Morgan fingerprint density at radius 2 is 1.36 bits per heavy atom. The average Bonchev–Trinajstić information content (AvgIpc) is 2.67. The predicted octanol–water partition coefficient (Wildman–Crippen LogP) is 6.31.